The van der Waals surface area contributed by atoms with Crippen LogP contribution >= 0.6 is 0 Å². The van der Waals surface area contributed by atoms with Gasteiger partial charge in [-0.3, -0.25) is 19.5 Å². The number of hydrogen-bond donors (Lipinski definition) is 1. The van der Waals surface area contributed by atoms with Crippen molar-refractivity contribution in [1.29, 1.82) is 0 Å². The molecule has 3 heterocycles. The molecule has 1 atom stereocenters. The zero-order valence-electron chi connectivity index (χ0n) is 24.4. The maximum atomic E-state index is 14.0. The Balaban J connectivity index is 1.21. The Bertz CT molecular complexity index is 1440. The summed E-state index contributed by atoms with van der Waals surface area (Å²) < 4.78 is 48.1. The quantitative estimate of drug-likeness (QED) is 0.397. The number of rotatable bonds is 8. The Labute approximate surface area is 249 Å². The number of aromatic nitrogens is 1. The van der Waals surface area contributed by atoms with E-state index in [1.807, 2.05) is 18.9 Å². The second-order valence-corrected chi connectivity index (χ2v) is 11.3. The van der Waals surface area contributed by atoms with Crippen molar-refractivity contribution in [3.05, 3.63) is 88.7 Å². The number of benzene rings is 2. The molecule has 3 aromatic rings. The monoisotopic (exact) mass is 595 g/mol. The Morgan fingerprint density at radius 1 is 1.02 bits per heavy atom. The van der Waals surface area contributed by atoms with E-state index >= 15 is 0 Å². The van der Waals surface area contributed by atoms with E-state index in [0.29, 0.717) is 49.8 Å². The predicted molar refractivity (Wildman–Crippen MR) is 157 cm³/mol. The number of nitrogens with one attached hydrogen (secondary N) is 1. The van der Waals surface area contributed by atoms with E-state index < -0.39 is 17.6 Å². The standard InChI is InChI=1S/C32H36F3N5O3/c1-22-5-8-27(17-29(22)43-21-23-9-11-40(19-23)31(42)25-4-3-10-36-18-25)37-30(41)24-6-7-26(28(16-24)32(33,34)35)20-39-14-12-38(2)13-15-39/h3-8,10,16-18,23H,9,11-15,19-21H2,1-2H3,(H,37,41). The van der Waals surface area contributed by atoms with Crippen molar-refractivity contribution in [3.8, 4) is 5.75 Å². The number of aryl methyl sites for hydroxylation is 1. The lowest BCUT2D eigenvalue weighted by atomic mass is 10.0. The molecule has 1 N–H and O–H groups in total. The molecule has 2 amide bonds. The van der Waals surface area contributed by atoms with Crippen LogP contribution in [0.3, 0.4) is 0 Å². The van der Waals surface area contributed by atoms with Crippen molar-refractivity contribution in [1.82, 2.24) is 19.7 Å². The Morgan fingerprint density at radius 2 is 1.81 bits per heavy atom. The first-order valence-corrected chi connectivity index (χ1v) is 14.4. The number of pyridine rings is 1. The highest BCUT2D eigenvalue weighted by molar-refractivity contribution is 6.04. The minimum atomic E-state index is -4.58. The zero-order chi connectivity index (χ0) is 30.6. The van der Waals surface area contributed by atoms with E-state index in [1.54, 1.807) is 47.6 Å². The van der Waals surface area contributed by atoms with Gasteiger partial charge >= 0.3 is 6.18 Å². The Hall–Kier alpha value is -3.96. The third-order valence-corrected chi connectivity index (χ3v) is 8.07. The van der Waals surface area contributed by atoms with Crippen LogP contribution in [0.15, 0.2) is 60.9 Å². The molecule has 1 aromatic heterocycles. The molecule has 11 heteroatoms. The number of anilines is 1. The molecular weight excluding hydrogens is 559 g/mol. The molecule has 0 spiro atoms. The first-order chi connectivity index (χ1) is 20.6. The van der Waals surface area contributed by atoms with Crippen molar-refractivity contribution >= 4 is 17.5 Å². The van der Waals surface area contributed by atoms with Crippen LogP contribution in [0.4, 0.5) is 18.9 Å². The summed E-state index contributed by atoms with van der Waals surface area (Å²) in [5.41, 5.74) is 1.12. The Kier molecular flexibility index (Phi) is 9.31. The number of carbonyl (C=O) groups is 2. The van der Waals surface area contributed by atoms with Gasteiger partial charge in [0.05, 0.1) is 17.7 Å². The molecule has 2 saturated heterocycles. The van der Waals surface area contributed by atoms with Crippen LogP contribution in [-0.2, 0) is 12.7 Å². The number of likely N-dealkylation sites (tertiary alicyclic amines) is 1. The topological polar surface area (TPSA) is 78.0 Å². The highest BCUT2D eigenvalue weighted by atomic mass is 19.4. The number of amides is 2. The zero-order valence-corrected chi connectivity index (χ0v) is 24.4. The summed E-state index contributed by atoms with van der Waals surface area (Å²) in [6.45, 7) is 6.62. The van der Waals surface area contributed by atoms with Gasteiger partial charge in [-0.05, 0) is 61.9 Å². The number of carbonyl (C=O) groups excluding carboxylic acids is 2. The van der Waals surface area contributed by atoms with Gasteiger partial charge in [-0.25, -0.2) is 0 Å². The average molecular weight is 596 g/mol. The van der Waals surface area contributed by atoms with Gasteiger partial charge in [-0.15, -0.1) is 0 Å². The van der Waals surface area contributed by atoms with Crippen LogP contribution in [-0.4, -0.2) is 84.4 Å². The fourth-order valence-corrected chi connectivity index (χ4v) is 5.44. The normalized spacial score (nSPS) is 18.1. The molecule has 0 saturated carbocycles. The molecule has 0 radical (unpaired) electrons. The lowest BCUT2D eigenvalue weighted by Gasteiger charge is -2.33. The molecule has 0 bridgehead atoms. The first-order valence-electron chi connectivity index (χ1n) is 14.4. The molecule has 8 nitrogen and oxygen atoms in total. The summed E-state index contributed by atoms with van der Waals surface area (Å²) in [5.74, 6) is 0.0149. The van der Waals surface area contributed by atoms with E-state index in [1.165, 1.54) is 12.1 Å². The fourth-order valence-electron chi connectivity index (χ4n) is 5.44. The summed E-state index contributed by atoms with van der Waals surface area (Å²) in [5, 5.41) is 2.72. The molecule has 228 valence electrons. The van der Waals surface area contributed by atoms with Gasteiger partial charge in [-0.2, -0.15) is 13.2 Å². The highest BCUT2D eigenvalue weighted by Crippen LogP contribution is 2.34. The number of piperazine rings is 1. The molecule has 2 fully saturated rings. The van der Waals surface area contributed by atoms with Gasteiger partial charge in [-0.1, -0.05) is 12.1 Å². The number of halogens is 3. The van der Waals surface area contributed by atoms with E-state index in [-0.39, 0.29) is 29.5 Å². The predicted octanol–water partition coefficient (Wildman–Crippen LogP) is 4.95. The molecule has 2 aliphatic rings. The van der Waals surface area contributed by atoms with Gasteiger partial charge in [0.1, 0.15) is 5.75 Å². The lowest BCUT2D eigenvalue weighted by Crippen LogP contribution is -2.44. The summed E-state index contributed by atoms with van der Waals surface area (Å²) in [6, 6.07) is 12.4. The van der Waals surface area contributed by atoms with Crippen LogP contribution in [0.1, 0.15) is 43.8 Å². The largest absolute Gasteiger partial charge is 0.493 e. The SMILES string of the molecule is Cc1ccc(NC(=O)c2ccc(CN3CCN(C)CC3)c(C(F)(F)F)c2)cc1OCC1CCN(C(=O)c2cccnc2)C1. The second kappa shape index (κ2) is 13.1. The van der Waals surface area contributed by atoms with Gasteiger partial charge in [0, 0.05) is 81.4 Å². The number of likely N-dealkylation sites (N-methyl/N-ethyl adjacent to an activating group) is 1. The van der Waals surface area contributed by atoms with E-state index in [9.17, 15) is 22.8 Å². The fraction of sp³-hybridized carbons (Fsp3) is 0.406. The highest BCUT2D eigenvalue weighted by Gasteiger charge is 2.35. The molecule has 5 rings (SSSR count). The smallest absolute Gasteiger partial charge is 0.416 e. The van der Waals surface area contributed by atoms with Crippen molar-refractivity contribution in [2.45, 2.75) is 26.1 Å². The van der Waals surface area contributed by atoms with Crippen LogP contribution in [0, 0.1) is 12.8 Å². The molecule has 2 aliphatic heterocycles. The molecular formula is C32H36F3N5O3. The lowest BCUT2D eigenvalue weighted by molar-refractivity contribution is -0.138. The van der Waals surface area contributed by atoms with Crippen LogP contribution in [0.2, 0.25) is 0 Å². The van der Waals surface area contributed by atoms with Gasteiger partial charge in [0.2, 0.25) is 0 Å². The summed E-state index contributed by atoms with van der Waals surface area (Å²) in [6.07, 6.45) is -0.598. The number of nitrogens with zero attached hydrogens (tertiary/aromatic N) is 4. The van der Waals surface area contributed by atoms with Crippen molar-refractivity contribution in [2.75, 3.05) is 58.2 Å². The third kappa shape index (κ3) is 7.71. The number of hydrogen-bond acceptors (Lipinski definition) is 6. The maximum Gasteiger partial charge on any atom is 0.416 e. The first kappa shape index (κ1) is 30.5. The molecule has 1 unspecified atom stereocenters. The van der Waals surface area contributed by atoms with Crippen LogP contribution < -0.4 is 10.1 Å². The summed E-state index contributed by atoms with van der Waals surface area (Å²) >= 11 is 0. The van der Waals surface area contributed by atoms with Gasteiger partial charge in [0.15, 0.2) is 0 Å². The third-order valence-electron chi connectivity index (χ3n) is 8.07. The van der Waals surface area contributed by atoms with Crippen molar-refractivity contribution in [3.63, 3.8) is 0 Å². The van der Waals surface area contributed by atoms with E-state index in [4.69, 9.17) is 4.74 Å². The van der Waals surface area contributed by atoms with Crippen LogP contribution in [0.25, 0.3) is 0 Å². The van der Waals surface area contributed by atoms with Crippen LogP contribution in [0.5, 0.6) is 5.75 Å². The van der Waals surface area contributed by atoms with Gasteiger partial charge in [0.25, 0.3) is 11.8 Å². The summed E-state index contributed by atoms with van der Waals surface area (Å²) in [7, 11) is 1.99. The van der Waals surface area contributed by atoms with Crippen molar-refractivity contribution < 1.29 is 27.5 Å². The van der Waals surface area contributed by atoms with E-state index in [2.05, 4.69) is 15.2 Å². The van der Waals surface area contributed by atoms with E-state index in [0.717, 1.165) is 31.1 Å². The average Bonchev–Trinajstić information content (AvgIpc) is 3.47. The van der Waals surface area contributed by atoms with Gasteiger partial charge < -0.3 is 19.9 Å². The second-order valence-electron chi connectivity index (χ2n) is 11.3. The molecule has 43 heavy (non-hydrogen) atoms. The van der Waals surface area contributed by atoms with Crippen molar-refractivity contribution in [2.24, 2.45) is 5.92 Å². The Morgan fingerprint density at radius 3 is 2.53 bits per heavy atom. The maximum absolute atomic E-state index is 14.0. The molecule has 0 aliphatic carbocycles. The minimum absolute atomic E-state index is 0.0578. The minimum Gasteiger partial charge on any atom is -0.493 e. The number of ether oxygens (including phenoxy) is 1. The number of alkyl halides is 3. The summed E-state index contributed by atoms with van der Waals surface area (Å²) in [4.78, 5) is 35.7. The molecule has 2 aromatic carbocycles.